The van der Waals surface area contributed by atoms with Gasteiger partial charge in [-0.2, -0.15) is 0 Å². The summed E-state index contributed by atoms with van der Waals surface area (Å²) in [6, 6.07) is -0.879. The maximum atomic E-state index is 13.2. The summed E-state index contributed by atoms with van der Waals surface area (Å²) >= 11 is 0. The first-order valence-corrected chi connectivity index (χ1v) is 31.4. The van der Waals surface area contributed by atoms with Crippen LogP contribution in [0.15, 0.2) is 12.2 Å². The van der Waals surface area contributed by atoms with Crippen LogP contribution >= 0.6 is 0 Å². The molecule has 0 aromatic carbocycles. The van der Waals surface area contributed by atoms with Gasteiger partial charge < -0.3 is 89.9 Å². The van der Waals surface area contributed by atoms with Gasteiger partial charge in [-0.3, -0.25) is 4.79 Å². The second-order valence-electron chi connectivity index (χ2n) is 22.9. The second-order valence-corrected chi connectivity index (χ2v) is 22.9. The molecule has 3 aliphatic heterocycles. The zero-order chi connectivity index (χ0) is 57.6. The molecular formula is C60H113NO18. The average molecular weight is 1140 g/mol. The number of rotatable bonds is 47. The summed E-state index contributed by atoms with van der Waals surface area (Å²) in [7, 11) is 0. The van der Waals surface area contributed by atoms with Crippen LogP contribution in [0.5, 0.6) is 0 Å². The van der Waals surface area contributed by atoms with Gasteiger partial charge in [0.15, 0.2) is 18.9 Å². The second kappa shape index (κ2) is 44.1. The fourth-order valence-corrected chi connectivity index (χ4v) is 10.9. The van der Waals surface area contributed by atoms with E-state index in [0.717, 1.165) is 51.4 Å². The molecule has 0 aliphatic carbocycles. The molecule has 0 aromatic heterocycles. The van der Waals surface area contributed by atoms with Crippen LogP contribution in [0.2, 0.25) is 0 Å². The third kappa shape index (κ3) is 27.9. The fourth-order valence-electron chi connectivity index (χ4n) is 10.9. The molecule has 0 spiro atoms. The molecule has 19 nitrogen and oxygen atoms in total. The van der Waals surface area contributed by atoms with Crippen LogP contribution in [0.25, 0.3) is 0 Å². The topological polar surface area (TPSA) is 307 Å². The van der Waals surface area contributed by atoms with Gasteiger partial charge >= 0.3 is 0 Å². The van der Waals surface area contributed by atoms with Gasteiger partial charge in [-0.05, 0) is 38.5 Å². The van der Waals surface area contributed by atoms with Gasteiger partial charge in [0, 0.05) is 6.42 Å². The smallest absolute Gasteiger partial charge is 0.220 e. The van der Waals surface area contributed by atoms with Gasteiger partial charge in [-0.25, -0.2) is 0 Å². The lowest BCUT2D eigenvalue weighted by Gasteiger charge is -2.48. The first-order chi connectivity index (χ1) is 38.3. The maximum Gasteiger partial charge on any atom is 0.220 e. The third-order valence-corrected chi connectivity index (χ3v) is 16.1. The van der Waals surface area contributed by atoms with E-state index in [0.29, 0.717) is 12.8 Å². The Balaban J connectivity index is 1.31. The number of carbonyl (C=O) groups is 1. The molecule has 17 atom stereocenters. The summed E-state index contributed by atoms with van der Waals surface area (Å²) < 4.78 is 34.1. The van der Waals surface area contributed by atoms with Crippen LogP contribution in [0.1, 0.15) is 232 Å². The Bertz CT molecular complexity index is 1500. The quantitative estimate of drug-likeness (QED) is 0.0240. The van der Waals surface area contributed by atoms with E-state index in [1.807, 2.05) is 0 Å². The van der Waals surface area contributed by atoms with Crippen molar-refractivity contribution in [2.24, 2.45) is 0 Å². The van der Waals surface area contributed by atoms with Gasteiger partial charge in [-0.15, -0.1) is 0 Å². The normalized spacial score (nSPS) is 30.3. The number of allylic oxidation sites excluding steroid dienone is 2. The number of amides is 1. The standard InChI is InChI=1S/C60H113NO18/c1-3-5-7-9-10-11-12-13-14-15-16-17-18-19-20-21-22-23-24-25-26-27-28-29-30-31-32-34-36-38-48(66)61-43(44(65)37-35-33-8-6-4-2)42-74-58-54(72)51(69)56(46(40-63)76-58)79-60-55(73)52(70)57(47(41-64)77-60)78-59-53(71)50(68)49(67)45(39-62)75-59/h15-16,43-47,49-60,62-65,67-73H,3-14,17-42H2,1-2H3,(H,61,66)/b16-15-. The van der Waals surface area contributed by atoms with Crippen LogP contribution in [0, 0.1) is 0 Å². The molecule has 466 valence electrons. The molecular weight excluding hydrogens is 1020 g/mol. The number of carbonyl (C=O) groups excluding carboxylic acids is 1. The van der Waals surface area contributed by atoms with Crippen molar-refractivity contribution < 1.29 is 89.4 Å². The van der Waals surface area contributed by atoms with Gasteiger partial charge in [0.2, 0.25) is 5.91 Å². The molecule has 1 amide bonds. The molecule has 3 heterocycles. The van der Waals surface area contributed by atoms with Gasteiger partial charge in [0.25, 0.3) is 0 Å². The Labute approximate surface area is 474 Å². The highest BCUT2D eigenvalue weighted by atomic mass is 16.8. The molecule has 19 heteroatoms. The Morgan fingerprint density at radius 3 is 1.23 bits per heavy atom. The summed E-state index contributed by atoms with van der Waals surface area (Å²) in [5.74, 6) is -0.247. The highest BCUT2D eigenvalue weighted by Gasteiger charge is 2.53. The van der Waals surface area contributed by atoms with Crippen LogP contribution < -0.4 is 5.32 Å². The molecule has 3 saturated heterocycles. The number of aliphatic hydroxyl groups excluding tert-OH is 11. The minimum atomic E-state index is -1.97. The van der Waals surface area contributed by atoms with E-state index in [9.17, 15) is 61.0 Å². The van der Waals surface area contributed by atoms with Crippen LogP contribution in [-0.4, -0.2) is 193 Å². The zero-order valence-corrected chi connectivity index (χ0v) is 48.6. The first kappa shape index (κ1) is 71.8. The lowest BCUT2D eigenvalue weighted by Crippen LogP contribution is -2.66. The molecule has 3 aliphatic rings. The van der Waals surface area contributed by atoms with Crippen LogP contribution in [0.4, 0.5) is 0 Å². The number of ether oxygens (including phenoxy) is 6. The van der Waals surface area contributed by atoms with Crippen LogP contribution in [-0.2, 0) is 33.2 Å². The maximum absolute atomic E-state index is 13.2. The third-order valence-electron chi connectivity index (χ3n) is 16.1. The van der Waals surface area contributed by atoms with E-state index in [1.54, 1.807) is 0 Å². The van der Waals surface area contributed by atoms with E-state index in [4.69, 9.17) is 28.4 Å². The molecule has 3 fully saturated rings. The van der Waals surface area contributed by atoms with E-state index in [1.165, 1.54) is 148 Å². The highest BCUT2D eigenvalue weighted by Crippen LogP contribution is 2.33. The van der Waals surface area contributed by atoms with E-state index < -0.39 is 124 Å². The Morgan fingerprint density at radius 2 is 0.797 bits per heavy atom. The van der Waals surface area contributed by atoms with E-state index in [-0.39, 0.29) is 18.9 Å². The lowest BCUT2D eigenvalue weighted by atomic mass is 9.96. The summed E-state index contributed by atoms with van der Waals surface area (Å²) in [5.41, 5.74) is 0. The summed E-state index contributed by atoms with van der Waals surface area (Å²) in [6.07, 6.45) is 18.3. The van der Waals surface area contributed by atoms with Crippen molar-refractivity contribution >= 4 is 5.91 Å². The van der Waals surface area contributed by atoms with Crippen molar-refractivity contribution in [3.63, 3.8) is 0 Å². The molecule has 79 heavy (non-hydrogen) atoms. The predicted octanol–water partition coefficient (Wildman–Crippen LogP) is 6.16. The van der Waals surface area contributed by atoms with Crippen molar-refractivity contribution in [2.45, 2.75) is 336 Å². The Hall–Kier alpha value is -1.47. The highest BCUT2D eigenvalue weighted by molar-refractivity contribution is 5.76. The minimum Gasteiger partial charge on any atom is -0.394 e. The number of hydrogen-bond acceptors (Lipinski definition) is 18. The van der Waals surface area contributed by atoms with Crippen molar-refractivity contribution in [1.82, 2.24) is 5.32 Å². The van der Waals surface area contributed by atoms with Crippen molar-refractivity contribution in [3.05, 3.63) is 12.2 Å². The molecule has 0 bridgehead atoms. The first-order valence-electron chi connectivity index (χ1n) is 31.4. The number of unbranched alkanes of at least 4 members (excludes halogenated alkanes) is 29. The zero-order valence-electron chi connectivity index (χ0n) is 48.6. The van der Waals surface area contributed by atoms with Gasteiger partial charge in [0.1, 0.15) is 73.2 Å². The SMILES string of the molecule is CCCCCCCCCC/C=C\CCCCCCCCCCCCCCCCCCCC(=O)NC(COC1OC(CO)C(OC2OC(CO)C(OC3OC(CO)C(O)C(O)C3O)C(O)C2O)C(O)C1O)C(O)CCCCCCC. The molecule has 0 radical (unpaired) electrons. The number of hydrogen-bond donors (Lipinski definition) is 12. The summed E-state index contributed by atoms with van der Waals surface area (Å²) in [5, 5.41) is 120. The average Bonchev–Trinajstić information content (AvgIpc) is 3.48. The van der Waals surface area contributed by atoms with Crippen LogP contribution in [0.3, 0.4) is 0 Å². The molecule has 12 N–H and O–H groups in total. The summed E-state index contributed by atoms with van der Waals surface area (Å²) in [6.45, 7) is 1.69. The largest absolute Gasteiger partial charge is 0.394 e. The van der Waals surface area contributed by atoms with Crippen molar-refractivity contribution in [2.75, 3.05) is 26.4 Å². The van der Waals surface area contributed by atoms with E-state index >= 15 is 0 Å². The Kier molecular flexibility index (Phi) is 40.1. The monoisotopic (exact) mass is 1140 g/mol. The number of aliphatic hydroxyl groups is 11. The molecule has 3 rings (SSSR count). The predicted molar refractivity (Wildman–Crippen MR) is 300 cm³/mol. The molecule has 0 aromatic rings. The van der Waals surface area contributed by atoms with Gasteiger partial charge in [0.05, 0.1) is 38.6 Å². The van der Waals surface area contributed by atoms with Crippen molar-refractivity contribution in [1.29, 1.82) is 0 Å². The minimum absolute atomic E-state index is 0.247. The molecule has 0 saturated carbocycles. The Morgan fingerprint density at radius 1 is 0.443 bits per heavy atom. The summed E-state index contributed by atoms with van der Waals surface area (Å²) in [4.78, 5) is 13.2. The van der Waals surface area contributed by atoms with Crippen molar-refractivity contribution in [3.8, 4) is 0 Å². The number of nitrogens with one attached hydrogen (secondary N) is 1. The van der Waals surface area contributed by atoms with Gasteiger partial charge in [-0.1, -0.05) is 199 Å². The molecule has 17 unspecified atom stereocenters. The lowest BCUT2D eigenvalue weighted by molar-refractivity contribution is -0.379. The fraction of sp³-hybridized carbons (Fsp3) is 0.950. The van der Waals surface area contributed by atoms with E-state index in [2.05, 4.69) is 31.3 Å².